The number of amides is 1. The second kappa shape index (κ2) is 4.05. The van der Waals surface area contributed by atoms with Gasteiger partial charge in [-0.1, -0.05) is 0 Å². The van der Waals surface area contributed by atoms with Crippen LogP contribution in [0.25, 0.3) is 0 Å². The molecule has 0 unspecified atom stereocenters. The SMILES string of the molecule is Nc1ccn(CC(=O)NC(C2CC2)C2CC2)n1. The predicted molar refractivity (Wildman–Crippen MR) is 64.0 cm³/mol. The number of hydrogen-bond donors (Lipinski definition) is 2. The highest BCUT2D eigenvalue weighted by Crippen LogP contribution is 2.44. The van der Waals surface area contributed by atoms with Gasteiger partial charge in [-0.15, -0.1) is 0 Å². The summed E-state index contributed by atoms with van der Waals surface area (Å²) in [7, 11) is 0. The first-order valence-corrected chi connectivity index (χ1v) is 6.30. The van der Waals surface area contributed by atoms with Crippen LogP contribution in [0.3, 0.4) is 0 Å². The van der Waals surface area contributed by atoms with Gasteiger partial charge in [-0.05, 0) is 43.6 Å². The average Bonchev–Trinajstić information content (AvgIpc) is 3.17. The van der Waals surface area contributed by atoms with E-state index in [0.717, 1.165) is 11.8 Å². The topological polar surface area (TPSA) is 72.9 Å². The number of hydrogen-bond acceptors (Lipinski definition) is 3. The summed E-state index contributed by atoms with van der Waals surface area (Å²) < 4.78 is 1.58. The molecule has 92 valence electrons. The minimum absolute atomic E-state index is 0.0527. The van der Waals surface area contributed by atoms with Crippen LogP contribution in [0.2, 0.25) is 0 Å². The number of carbonyl (C=O) groups excluding carboxylic acids is 1. The van der Waals surface area contributed by atoms with E-state index in [-0.39, 0.29) is 12.5 Å². The van der Waals surface area contributed by atoms with Crippen molar-refractivity contribution in [2.45, 2.75) is 38.3 Å². The summed E-state index contributed by atoms with van der Waals surface area (Å²) in [6.45, 7) is 0.271. The number of aromatic nitrogens is 2. The van der Waals surface area contributed by atoms with Crippen LogP contribution in [0.4, 0.5) is 5.82 Å². The Bertz CT molecular complexity index is 408. The first-order valence-electron chi connectivity index (χ1n) is 6.30. The molecule has 1 aromatic rings. The lowest BCUT2D eigenvalue weighted by molar-refractivity contribution is -0.122. The van der Waals surface area contributed by atoms with Crippen molar-refractivity contribution >= 4 is 11.7 Å². The second-order valence-electron chi connectivity index (χ2n) is 5.21. The quantitative estimate of drug-likeness (QED) is 0.790. The van der Waals surface area contributed by atoms with Crippen LogP contribution in [-0.4, -0.2) is 21.7 Å². The lowest BCUT2D eigenvalue weighted by atomic mass is 10.1. The number of nitrogens with zero attached hydrogens (tertiary/aromatic N) is 2. The average molecular weight is 234 g/mol. The number of nitrogen functional groups attached to an aromatic ring is 1. The molecule has 0 atom stereocenters. The maximum atomic E-state index is 11.9. The molecule has 17 heavy (non-hydrogen) atoms. The molecule has 5 heteroatoms. The Hall–Kier alpha value is -1.52. The molecular weight excluding hydrogens is 216 g/mol. The van der Waals surface area contributed by atoms with E-state index in [4.69, 9.17) is 5.73 Å². The summed E-state index contributed by atoms with van der Waals surface area (Å²) in [5.74, 6) is 1.97. The summed E-state index contributed by atoms with van der Waals surface area (Å²) in [6.07, 6.45) is 6.83. The zero-order valence-corrected chi connectivity index (χ0v) is 9.80. The van der Waals surface area contributed by atoms with E-state index in [1.165, 1.54) is 25.7 Å². The van der Waals surface area contributed by atoms with Crippen LogP contribution in [0.1, 0.15) is 25.7 Å². The maximum Gasteiger partial charge on any atom is 0.241 e. The van der Waals surface area contributed by atoms with Crippen molar-refractivity contribution in [3.05, 3.63) is 12.3 Å². The third-order valence-corrected chi connectivity index (χ3v) is 3.55. The van der Waals surface area contributed by atoms with Crippen molar-refractivity contribution < 1.29 is 4.79 Å². The van der Waals surface area contributed by atoms with Crippen LogP contribution < -0.4 is 11.1 Å². The minimum Gasteiger partial charge on any atom is -0.382 e. The van der Waals surface area contributed by atoms with Crippen molar-refractivity contribution in [2.75, 3.05) is 5.73 Å². The zero-order chi connectivity index (χ0) is 11.8. The highest BCUT2D eigenvalue weighted by Gasteiger charge is 2.42. The van der Waals surface area contributed by atoms with Gasteiger partial charge in [0.25, 0.3) is 0 Å². The summed E-state index contributed by atoms with van der Waals surface area (Å²) >= 11 is 0. The molecule has 3 rings (SSSR count). The molecule has 0 aromatic carbocycles. The molecule has 1 aromatic heterocycles. The van der Waals surface area contributed by atoms with Crippen molar-refractivity contribution in [3.8, 4) is 0 Å². The predicted octanol–water partition coefficient (Wildman–Crippen LogP) is 0.770. The van der Waals surface area contributed by atoms with Gasteiger partial charge in [0.1, 0.15) is 12.4 Å². The molecular formula is C12H18N4O. The molecule has 2 aliphatic rings. The maximum absolute atomic E-state index is 11.9. The highest BCUT2D eigenvalue weighted by molar-refractivity contribution is 5.76. The van der Waals surface area contributed by atoms with Crippen LogP contribution in [0.15, 0.2) is 12.3 Å². The molecule has 3 N–H and O–H groups in total. The molecule has 2 saturated carbocycles. The van der Waals surface area contributed by atoms with Crippen molar-refractivity contribution in [1.82, 2.24) is 15.1 Å². The smallest absolute Gasteiger partial charge is 0.241 e. The van der Waals surface area contributed by atoms with E-state index >= 15 is 0 Å². The number of anilines is 1. The van der Waals surface area contributed by atoms with Gasteiger partial charge in [0.2, 0.25) is 5.91 Å². The van der Waals surface area contributed by atoms with Crippen LogP contribution in [-0.2, 0) is 11.3 Å². The van der Waals surface area contributed by atoms with Gasteiger partial charge in [-0.2, -0.15) is 5.10 Å². The molecule has 0 bridgehead atoms. The standard InChI is InChI=1S/C12H18N4O/c13-10-5-6-16(15-10)7-11(17)14-12(8-1-2-8)9-3-4-9/h5-6,8-9,12H,1-4,7H2,(H2,13,15)(H,14,17). The van der Waals surface area contributed by atoms with Crippen LogP contribution >= 0.6 is 0 Å². The van der Waals surface area contributed by atoms with E-state index < -0.39 is 0 Å². The van der Waals surface area contributed by atoms with Crippen molar-refractivity contribution in [1.29, 1.82) is 0 Å². The van der Waals surface area contributed by atoms with E-state index in [0.29, 0.717) is 11.9 Å². The molecule has 0 saturated heterocycles. The van der Waals surface area contributed by atoms with Gasteiger partial charge in [0.15, 0.2) is 0 Å². The summed E-state index contributed by atoms with van der Waals surface area (Å²) in [5.41, 5.74) is 5.51. The fraction of sp³-hybridized carbons (Fsp3) is 0.667. The summed E-state index contributed by atoms with van der Waals surface area (Å²) in [4.78, 5) is 11.9. The first kappa shape index (κ1) is 10.6. The molecule has 0 spiro atoms. The normalized spacial score (nSPS) is 19.6. The van der Waals surface area contributed by atoms with Crippen LogP contribution in [0, 0.1) is 11.8 Å². The van der Waals surface area contributed by atoms with Gasteiger partial charge in [0.05, 0.1) is 0 Å². The molecule has 2 fully saturated rings. The molecule has 1 heterocycles. The lowest BCUT2D eigenvalue weighted by Gasteiger charge is -2.17. The Morgan fingerprint density at radius 2 is 2.12 bits per heavy atom. The number of nitrogens with two attached hydrogens (primary N) is 1. The lowest BCUT2D eigenvalue weighted by Crippen LogP contribution is -2.40. The van der Waals surface area contributed by atoms with Gasteiger partial charge in [-0.25, -0.2) is 0 Å². The third-order valence-electron chi connectivity index (χ3n) is 3.55. The van der Waals surface area contributed by atoms with Crippen molar-refractivity contribution in [2.24, 2.45) is 11.8 Å². The monoisotopic (exact) mass is 234 g/mol. The second-order valence-corrected chi connectivity index (χ2v) is 5.21. The molecule has 5 nitrogen and oxygen atoms in total. The third kappa shape index (κ3) is 2.60. The summed E-state index contributed by atoms with van der Waals surface area (Å²) in [5, 5.41) is 7.17. The Morgan fingerprint density at radius 3 is 2.59 bits per heavy atom. The fourth-order valence-corrected chi connectivity index (χ4v) is 2.38. The van der Waals surface area contributed by atoms with Crippen LogP contribution in [0.5, 0.6) is 0 Å². The van der Waals surface area contributed by atoms with Gasteiger partial charge < -0.3 is 11.1 Å². The van der Waals surface area contributed by atoms with E-state index in [2.05, 4.69) is 10.4 Å². The Balaban J connectivity index is 1.55. The van der Waals surface area contributed by atoms with Gasteiger partial charge in [-0.3, -0.25) is 9.48 Å². The van der Waals surface area contributed by atoms with E-state index in [1.807, 2.05) is 0 Å². The molecule has 0 aliphatic heterocycles. The number of rotatable bonds is 5. The molecule has 1 amide bonds. The Morgan fingerprint density at radius 1 is 1.47 bits per heavy atom. The number of nitrogens with one attached hydrogen (secondary N) is 1. The zero-order valence-electron chi connectivity index (χ0n) is 9.80. The number of carbonyl (C=O) groups is 1. The molecule has 2 aliphatic carbocycles. The minimum atomic E-state index is 0.0527. The highest BCUT2D eigenvalue weighted by atomic mass is 16.2. The molecule has 0 radical (unpaired) electrons. The van der Waals surface area contributed by atoms with E-state index in [9.17, 15) is 4.79 Å². The summed E-state index contributed by atoms with van der Waals surface area (Å²) in [6, 6.07) is 2.11. The van der Waals surface area contributed by atoms with E-state index in [1.54, 1.807) is 16.9 Å². The largest absolute Gasteiger partial charge is 0.382 e. The van der Waals surface area contributed by atoms with Gasteiger partial charge in [0, 0.05) is 12.2 Å². The Kier molecular flexibility index (Phi) is 2.53. The fourth-order valence-electron chi connectivity index (χ4n) is 2.38. The first-order chi connectivity index (χ1) is 8.22. The van der Waals surface area contributed by atoms with Crippen molar-refractivity contribution in [3.63, 3.8) is 0 Å². The van der Waals surface area contributed by atoms with Gasteiger partial charge >= 0.3 is 0 Å². The Labute approximate surface area is 100 Å².